The first kappa shape index (κ1) is 24.1. The molecule has 3 aromatic rings. The lowest BCUT2D eigenvalue weighted by Gasteiger charge is -2.28. The molecule has 1 fully saturated rings. The van der Waals surface area contributed by atoms with Gasteiger partial charge in [-0.2, -0.15) is 4.52 Å². The van der Waals surface area contributed by atoms with Crippen molar-refractivity contribution >= 4 is 28.4 Å². The lowest BCUT2D eigenvalue weighted by Crippen LogP contribution is -2.40. The molecule has 0 unspecified atom stereocenters. The Kier molecular flexibility index (Phi) is 6.88. The van der Waals surface area contributed by atoms with Gasteiger partial charge in [-0.05, 0) is 52.6 Å². The minimum absolute atomic E-state index is 0.0812. The van der Waals surface area contributed by atoms with Crippen LogP contribution in [0.3, 0.4) is 0 Å². The zero-order chi connectivity index (χ0) is 24.6. The molecule has 0 spiro atoms. The van der Waals surface area contributed by atoms with E-state index in [1.807, 2.05) is 11.9 Å². The van der Waals surface area contributed by atoms with Gasteiger partial charge in [-0.25, -0.2) is 14.4 Å². The quantitative estimate of drug-likeness (QED) is 0.539. The maximum Gasteiger partial charge on any atom is 0.227 e. The van der Waals surface area contributed by atoms with Crippen molar-refractivity contribution in [2.24, 2.45) is 5.92 Å². The molecule has 3 heterocycles. The van der Waals surface area contributed by atoms with E-state index in [-0.39, 0.29) is 29.6 Å². The summed E-state index contributed by atoms with van der Waals surface area (Å²) in [5, 5.41) is 5.00. The predicted octanol–water partition coefficient (Wildman–Crippen LogP) is 2.91. The molecule has 10 heteroatoms. The summed E-state index contributed by atoms with van der Waals surface area (Å²) in [6.07, 6.45) is 3.19. The number of hydrogen-bond donors (Lipinski definition) is 1. The first-order chi connectivity index (χ1) is 16.2. The summed E-state index contributed by atoms with van der Waals surface area (Å²) in [7, 11) is 3.30. The summed E-state index contributed by atoms with van der Waals surface area (Å²) in [5.74, 6) is 0.711. The molecule has 0 radical (unpaired) electrons. The van der Waals surface area contributed by atoms with Crippen molar-refractivity contribution in [2.45, 2.75) is 58.5 Å². The third kappa shape index (κ3) is 4.64. The number of methoxy groups -OCH3 is 1. The third-order valence-electron chi connectivity index (χ3n) is 6.94. The van der Waals surface area contributed by atoms with Gasteiger partial charge in [-0.15, -0.1) is 5.10 Å². The fourth-order valence-corrected chi connectivity index (χ4v) is 4.65. The van der Waals surface area contributed by atoms with Crippen LogP contribution in [0.1, 0.15) is 45.9 Å². The number of benzene rings is 1. The van der Waals surface area contributed by atoms with E-state index in [2.05, 4.69) is 40.7 Å². The minimum Gasteiger partial charge on any atom is -0.494 e. The highest BCUT2D eigenvalue weighted by Crippen LogP contribution is 2.27. The van der Waals surface area contributed by atoms with Gasteiger partial charge >= 0.3 is 0 Å². The van der Waals surface area contributed by atoms with Gasteiger partial charge in [0.05, 0.1) is 18.5 Å². The SMILES string of the molecule is COc1cc2nc(N)n3nc(CCC[C@H](C)N(C)C(=O)[C@@H]4CCN(C(C)C)C4)nc3c2cc1F. The zero-order valence-corrected chi connectivity index (χ0v) is 20.6. The van der Waals surface area contributed by atoms with Crippen molar-refractivity contribution in [3.63, 3.8) is 0 Å². The maximum absolute atomic E-state index is 14.3. The average molecular weight is 472 g/mol. The molecule has 2 aromatic heterocycles. The van der Waals surface area contributed by atoms with Gasteiger partial charge < -0.3 is 20.3 Å². The minimum atomic E-state index is -0.492. The molecular formula is C24H34FN7O2. The number of nitrogens with zero attached hydrogens (tertiary/aromatic N) is 6. The smallest absolute Gasteiger partial charge is 0.227 e. The summed E-state index contributed by atoms with van der Waals surface area (Å²) < 4.78 is 20.8. The van der Waals surface area contributed by atoms with Crippen LogP contribution in [-0.2, 0) is 11.2 Å². The van der Waals surface area contributed by atoms with Crippen LogP contribution in [0.15, 0.2) is 12.1 Å². The van der Waals surface area contributed by atoms with Crippen LogP contribution in [0.4, 0.5) is 10.3 Å². The zero-order valence-electron chi connectivity index (χ0n) is 20.6. The molecule has 1 amide bonds. The van der Waals surface area contributed by atoms with Crippen LogP contribution >= 0.6 is 0 Å². The topological polar surface area (TPSA) is 102 Å². The number of nitrogens with two attached hydrogens (primary N) is 1. The molecule has 2 atom stereocenters. The number of nitrogen functional groups attached to an aromatic ring is 1. The maximum atomic E-state index is 14.3. The van der Waals surface area contributed by atoms with Crippen LogP contribution in [0.5, 0.6) is 5.75 Å². The van der Waals surface area contributed by atoms with Crippen molar-refractivity contribution in [3.05, 3.63) is 23.8 Å². The molecule has 4 rings (SSSR count). The van der Waals surface area contributed by atoms with E-state index in [1.165, 1.54) is 23.8 Å². The first-order valence-electron chi connectivity index (χ1n) is 11.9. The fraction of sp³-hybridized carbons (Fsp3) is 0.583. The average Bonchev–Trinajstić information content (AvgIpc) is 3.46. The van der Waals surface area contributed by atoms with E-state index in [4.69, 9.17) is 10.5 Å². The molecule has 2 N–H and O–H groups in total. The van der Waals surface area contributed by atoms with Crippen molar-refractivity contribution in [1.29, 1.82) is 0 Å². The van der Waals surface area contributed by atoms with E-state index in [0.29, 0.717) is 34.8 Å². The number of halogens is 1. The number of rotatable bonds is 8. The van der Waals surface area contributed by atoms with Crippen molar-refractivity contribution in [1.82, 2.24) is 29.4 Å². The number of likely N-dealkylation sites (tertiary alicyclic amines) is 1. The molecule has 0 aliphatic carbocycles. The highest BCUT2D eigenvalue weighted by Gasteiger charge is 2.32. The Morgan fingerprint density at radius 2 is 2.09 bits per heavy atom. The Hall–Kier alpha value is -3.01. The number of carbonyl (C=O) groups excluding carboxylic acids is 1. The molecule has 9 nitrogen and oxygen atoms in total. The fourth-order valence-electron chi connectivity index (χ4n) is 4.65. The number of anilines is 1. The number of hydrogen-bond acceptors (Lipinski definition) is 7. The lowest BCUT2D eigenvalue weighted by atomic mass is 10.0. The highest BCUT2D eigenvalue weighted by molar-refractivity contribution is 5.93. The van der Waals surface area contributed by atoms with Crippen LogP contribution < -0.4 is 10.5 Å². The molecule has 0 bridgehead atoms. The van der Waals surface area contributed by atoms with Crippen LogP contribution in [0, 0.1) is 11.7 Å². The van der Waals surface area contributed by atoms with E-state index in [0.717, 1.165) is 32.4 Å². The van der Waals surface area contributed by atoms with Crippen LogP contribution in [0.2, 0.25) is 0 Å². The van der Waals surface area contributed by atoms with E-state index < -0.39 is 5.82 Å². The van der Waals surface area contributed by atoms with Crippen LogP contribution in [0.25, 0.3) is 16.6 Å². The van der Waals surface area contributed by atoms with Gasteiger partial charge in [0.25, 0.3) is 0 Å². The Bertz CT molecular complexity index is 1200. The van der Waals surface area contributed by atoms with Gasteiger partial charge in [0.15, 0.2) is 23.0 Å². The molecule has 1 saturated heterocycles. The number of carbonyl (C=O) groups is 1. The Morgan fingerprint density at radius 3 is 2.76 bits per heavy atom. The number of ether oxygens (including phenoxy) is 1. The molecule has 1 aromatic carbocycles. The summed E-state index contributed by atoms with van der Waals surface area (Å²) in [5.41, 5.74) is 7.04. The normalized spacial score (nSPS) is 17.7. The molecule has 34 heavy (non-hydrogen) atoms. The highest BCUT2D eigenvalue weighted by atomic mass is 19.1. The number of amides is 1. The van der Waals surface area contributed by atoms with Crippen molar-refractivity contribution in [3.8, 4) is 5.75 Å². The largest absolute Gasteiger partial charge is 0.494 e. The van der Waals surface area contributed by atoms with Gasteiger partial charge in [0.1, 0.15) is 0 Å². The Morgan fingerprint density at radius 1 is 1.32 bits per heavy atom. The van der Waals surface area contributed by atoms with E-state index in [1.54, 1.807) is 0 Å². The third-order valence-corrected chi connectivity index (χ3v) is 6.94. The molecular weight excluding hydrogens is 437 g/mol. The monoisotopic (exact) mass is 471 g/mol. The summed E-state index contributed by atoms with van der Waals surface area (Å²) >= 11 is 0. The van der Waals surface area contributed by atoms with E-state index >= 15 is 0 Å². The van der Waals surface area contributed by atoms with Gasteiger partial charge in [0, 0.05) is 43.5 Å². The predicted molar refractivity (Wildman–Crippen MR) is 129 cm³/mol. The van der Waals surface area contributed by atoms with Gasteiger partial charge in [0.2, 0.25) is 11.9 Å². The van der Waals surface area contributed by atoms with Crippen molar-refractivity contribution < 1.29 is 13.9 Å². The summed E-state index contributed by atoms with van der Waals surface area (Å²) in [4.78, 5) is 26.1. The summed E-state index contributed by atoms with van der Waals surface area (Å²) in [6.45, 7) is 8.25. The van der Waals surface area contributed by atoms with Gasteiger partial charge in [-0.3, -0.25) is 4.79 Å². The number of aryl methyl sites for hydroxylation is 1. The van der Waals surface area contributed by atoms with Gasteiger partial charge in [-0.1, -0.05) is 0 Å². The number of fused-ring (bicyclic) bond motifs is 3. The first-order valence-corrected chi connectivity index (χ1v) is 11.9. The second kappa shape index (κ2) is 9.69. The second-order valence-electron chi connectivity index (χ2n) is 9.50. The summed E-state index contributed by atoms with van der Waals surface area (Å²) in [6, 6.07) is 3.44. The lowest BCUT2D eigenvalue weighted by molar-refractivity contribution is -0.135. The molecule has 0 saturated carbocycles. The Balaban J connectivity index is 1.40. The molecule has 1 aliphatic rings. The van der Waals surface area contributed by atoms with E-state index in [9.17, 15) is 9.18 Å². The second-order valence-corrected chi connectivity index (χ2v) is 9.50. The molecule has 184 valence electrons. The standard InChI is InChI=1S/C24H34FN7O2/c1-14(2)31-10-9-16(13-31)23(33)30(4)15(3)7-6-8-21-28-22-17-11-18(25)20(34-5)12-19(17)27-24(26)32(22)29-21/h11-12,14-16H,6-10,13H2,1-5H3,(H2,26,27)/t15-,16+/m0/s1. The van der Waals surface area contributed by atoms with Crippen molar-refractivity contribution in [2.75, 3.05) is 33.0 Å². The number of aromatic nitrogens is 4. The Labute approximate surface area is 199 Å². The molecule has 1 aliphatic heterocycles. The van der Waals surface area contributed by atoms with Crippen LogP contribution in [-0.4, -0.2) is 74.6 Å².